The third kappa shape index (κ3) is 1.84. The van der Waals surface area contributed by atoms with E-state index >= 15 is 0 Å². The molecule has 1 aromatic rings. The van der Waals surface area contributed by atoms with Gasteiger partial charge in [-0.1, -0.05) is 6.07 Å². The van der Waals surface area contributed by atoms with E-state index in [9.17, 15) is 9.18 Å². The number of nitrogens with zero attached hydrogens (tertiary/aromatic N) is 2. The molecule has 1 aromatic heterocycles. The molecule has 4 nitrogen and oxygen atoms in total. The topological polar surface area (TPSA) is 42.4 Å². The molecule has 2 heterocycles. The fourth-order valence-electron chi connectivity index (χ4n) is 3.34. The zero-order chi connectivity index (χ0) is 13.7. The molecule has 0 aromatic carbocycles. The van der Waals surface area contributed by atoms with Gasteiger partial charge in [-0.15, -0.1) is 0 Å². The highest BCUT2D eigenvalue weighted by Gasteiger charge is 2.61. The first-order valence-electron chi connectivity index (χ1n) is 7.29. The quantitative estimate of drug-likeness (QED) is 0.797. The van der Waals surface area contributed by atoms with Crippen LogP contribution in [0.5, 0.6) is 0 Å². The van der Waals surface area contributed by atoms with Crippen LogP contribution in [0, 0.1) is 17.3 Å². The minimum atomic E-state index is -0.498. The van der Waals surface area contributed by atoms with E-state index in [-0.39, 0.29) is 17.4 Å². The Hall–Kier alpha value is -1.49. The second kappa shape index (κ2) is 4.25. The molecule has 4 rings (SSSR count). The summed E-state index contributed by atoms with van der Waals surface area (Å²) in [4.78, 5) is 22.0. The van der Waals surface area contributed by atoms with Crippen molar-refractivity contribution in [2.45, 2.75) is 38.1 Å². The SMILES string of the molecule is O=C(N1OCC[C@H]1c1ccc(F)nc1)C1(C2CC2)CC1. The molecule has 1 amide bonds. The molecule has 5 heteroatoms. The summed E-state index contributed by atoms with van der Waals surface area (Å²) in [6.45, 7) is 0.536. The van der Waals surface area contributed by atoms with E-state index in [1.807, 2.05) is 0 Å². The van der Waals surface area contributed by atoms with Gasteiger partial charge in [-0.2, -0.15) is 4.39 Å². The summed E-state index contributed by atoms with van der Waals surface area (Å²) in [5.74, 6) is 0.195. The number of amides is 1. The molecule has 0 radical (unpaired) electrons. The largest absolute Gasteiger partial charge is 0.272 e. The van der Waals surface area contributed by atoms with Crippen LogP contribution in [0.25, 0.3) is 0 Å². The Bertz CT molecular complexity index is 537. The van der Waals surface area contributed by atoms with Gasteiger partial charge in [0.1, 0.15) is 0 Å². The van der Waals surface area contributed by atoms with Crippen molar-refractivity contribution in [2.75, 3.05) is 6.61 Å². The summed E-state index contributed by atoms with van der Waals surface area (Å²) in [6, 6.07) is 2.91. The Morgan fingerprint density at radius 1 is 1.35 bits per heavy atom. The highest BCUT2D eigenvalue weighted by atomic mass is 19.1. The first-order valence-corrected chi connectivity index (χ1v) is 7.29. The third-order valence-electron chi connectivity index (χ3n) is 4.81. The average Bonchev–Trinajstić information content (AvgIpc) is 3.35. The van der Waals surface area contributed by atoms with Crippen molar-refractivity contribution in [2.24, 2.45) is 11.3 Å². The summed E-state index contributed by atoms with van der Waals surface area (Å²) in [7, 11) is 0. The molecular formula is C15H17FN2O2. The number of hydrogen-bond donors (Lipinski definition) is 0. The van der Waals surface area contributed by atoms with Crippen LogP contribution in [-0.4, -0.2) is 22.6 Å². The van der Waals surface area contributed by atoms with Crippen LogP contribution in [-0.2, 0) is 9.63 Å². The standard InChI is InChI=1S/C15H17FN2O2/c16-13-4-1-10(9-17-13)12-5-8-20-18(12)14(19)15(6-7-15)11-2-3-11/h1,4,9,11-12H,2-3,5-8H2/t12-/m0/s1. The Morgan fingerprint density at radius 3 is 2.75 bits per heavy atom. The summed E-state index contributed by atoms with van der Waals surface area (Å²) < 4.78 is 12.9. The monoisotopic (exact) mass is 276 g/mol. The lowest BCUT2D eigenvalue weighted by Crippen LogP contribution is -2.37. The van der Waals surface area contributed by atoms with Crippen LogP contribution >= 0.6 is 0 Å². The highest BCUT2D eigenvalue weighted by Crippen LogP contribution is 2.62. The molecule has 1 aliphatic heterocycles. The lowest BCUT2D eigenvalue weighted by Gasteiger charge is -2.27. The Labute approximate surface area is 116 Å². The number of halogens is 1. The van der Waals surface area contributed by atoms with Crippen molar-refractivity contribution in [3.63, 3.8) is 0 Å². The van der Waals surface area contributed by atoms with E-state index in [0.717, 1.165) is 24.8 Å². The van der Waals surface area contributed by atoms with Crippen LogP contribution in [0.1, 0.15) is 43.7 Å². The van der Waals surface area contributed by atoms with Crippen molar-refractivity contribution in [3.8, 4) is 0 Å². The van der Waals surface area contributed by atoms with Gasteiger partial charge in [-0.3, -0.25) is 9.63 Å². The molecule has 1 atom stereocenters. The number of rotatable bonds is 3. The number of carbonyl (C=O) groups excluding carboxylic acids is 1. The molecule has 3 fully saturated rings. The van der Waals surface area contributed by atoms with Gasteiger partial charge in [0, 0.05) is 12.6 Å². The normalized spacial score (nSPS) is 27.6. The molecule has 0 unspecified atom stereocenters. The third-order valence-corrected chi connectivity index (χ3v) is 4.81. The van der Waals surface area contributed by atoms with Crippen LogP contribution in [0.15, 0.2) is 18.3 Å². The Balaban J connectivity index is 1.58. The second-order valence-electron chi connectivity index (χ2n) is 6.11. The predicted octanol–water partition coefficient (Wildman–Crippen LogP) is 2.62. The van der Waals surface area contributed by atoms with Crippen molar-refractivity contribution < 1.29 is 14.0 Å². The van der Waals surface area contributed by atoms with Gasteiger partial charge in [0.15, 0.2) is 0 Å². The summed E-state index contributed by atoms with van der Waals surface area (Å²) >= 11 is 0. The maximum atomic E-state index is 12.9. The lowest BCUT2D eigenvalue weighted by molar-refractivity contribution is -0.184. The number of carbonyl (C=O) groups is 1. The van der Waals surface area contributed by atoms with E-state index in [1.54, 1.807) is 11.1 Å². The first kappa shape index (κ1) is 12.3. The van der Waals surface area contributed by atoms with Gasteiger partial charge in [-0.25, -0.2) is 10.0 Å². The molecule has 0 bridgehead atoms. The molecule has 2 aliphatic carbocycles. The van der Waals surface area contributed by atoms with E-state index < -0.39 is 5.95 Å². The van der Waals surface area contributed by atoms with E-state index in [4.69, 9.17) is 4.84 Å². The number of hydroxylamine groups is 2. The summed E-state index contributed by atoms with van der Waals surface area (Å²) in [6.07, 6.45) is 6.58. The summed E-state index contributed by atoms with van der Waals surface area (Å²) in [5, 5.41) is 1.54. The van der Waals surface area contributed by atoms with Crippen LogP contribution in [0.3, 0.4) is 0 Å². The van der Waals surface area contributed by atoms with Gasteiger partial charge in [-0.05, 0) is 43.2 Å². The molecule has 20 heavy (non-hydrogen) atoms. The van der Waals surface area contributed by atoms with Gasteiger partial charge in [0.25, 0.3) is 5.91 Å². The Kier molecular flexibility index (Phi) is 2.61. The van der Waals surface area contributed by atoms with Crippen molar-refractivity contribution in [1.29, 1.82) is 0 Å². The van der Waals surface area contributed by atoms with Crippen molar-refractivity contribution in [1.82, 2.24) is 10.0 Å². The Morgan fingerprint density at radius 2 is 2.15 bits per heavy atom. The maximum Gasteiger partial charge on any atom is 0.253 e. The number of hydrogen-bond acceptors (Lipinski definition) is 3. The highest BCUT2D eigenvalue weighted by molar-refractivity contribution is 5.85. The van der Waals surface area contributed by atoms with E-state index in [0.29, 0.717) is 12.5 Å². The van der Waals surface area contributed by atoms with Crippen LogP contribution < -0.4 is 0 Å². The smallest absolute Gasteiger partial charge is 0.253 e. The van der Waals surface area contributed by atoms with E-state index in [1.165, 1.54) is 25.1 Å². The molecule has 3 aliphatic rings. The minimum absolute atomic E-state index is 0.119. The van der Waals surface area contributed by atoms with Gasteiger partial charge < -0.3 is 0 Å². The summed E-state index contributed by atoms with van der Waals surface area (Å²) in [5.41, 5.74) is 0.708. The maximum absolute atomic E-state index is 12.9. The first-order chi connectivity index (χ1) is 9.71. The fraction of sp³-hybridized carbons (Fsp3) is 0.600. The predicted molar refractivity (Wildman–Crippen MR) is 68.7 cm³/mol. The zero-order valence-corrected chi connectivity index (χ0v) is 11.2. The van der Waals surface area contributed by atoms with Gasteiger partial charge >= 0.3 is 0 Å². The van der Waals surface area contributed by atoms with E-state index in [2.05, 4.69) is 4.98 Å². The minimum Gasteiger partial charge on any atom is -0.272 e. The molecule has 0 N–H and O–H groups in total. The fourth-order valence-corrected chi connectivity index (χ4v) is 3.34. The molecule has 0 spiro atoms. The molecule has 1 saturated heterocycles. The molecule has 2 saturated carbocycles. The number of pyridine rings is 1. The van der Waals surface area contributed by atoms with Gasteiger partial charge in [0.05, 0.1) is 18.1 Å². The molecular weight excluding hydrogens is 259 g/mol. The van der Waals surface area contributed by atoms with Gasteiger partial charge in [0.2, 0.25) is 5.95 Å². The second-order valence-corrected chi connectivity index (χ2v) is 6.11. The average molecular weight is 276 g/mol. The van der Waals surface area contributed by atoms with Crippen LogP contribution in [0.4, 0.5) is 4.39 Å². The zero-order valence-electron chi connectivity index (χ0n) is 11.2. The molecule has 106 valence electrons. The van der Waals surface area contributed by atoms with Crippen molar-refractivity contribution >= 4 is 5.91 Å². The number of aromatic nitrogens is 1. The van der Waals surface area contributed by atoms with Crippen LogP contribution in [0.2, 0.25) is 0 Å². The van der Waals surface area contributed by atoms with Crippen molar-refractivity contribution in [3.05, 3.63) is 29.8 Å². The lowest BCUT2D eigenvalue weighted by atomic mass is 9.97.